The van der Waals surface area contributed by atoms with Gasteiger partial charge in [0.15, 0.2) is 0 Å². The minimum absolute atomic E-state index is 0.00653. The monoisotopic (exact) mass is 370 g/mol. The van der Waals surface area contributed by atoms with Gasteiger partial charge in [-0.25, -0.2) is 12.8 Å². The zero-order chi connectivity index (χ0) is 15.5. The molecule has 20 heavy (non-hydrogen) atoms. The molecule has 0 radical (unpaired) electrons. The number of nitrogen functional groups attached to an aromatic ring is 1. The minimum Gasteiger partial charge on any atom is -0.396 e. The Kier molecular flexibility index (Phi) is 5.90. The minimum atomic E-state index is -3.90. The molecule has 1 aromatic rings. The molecule has 1 unspecified atom stereocenters. The van der Waals surface area contributed by atoms with E-state index in [1.54, 1.807) is 0 Å². The normalized spacial score (nSPS) is 13.7. The predicted octanol–water partition coefficient (Wildman–Crippen LogP) is 0.798. The molecule has 9 heteroatoms. The SMILES string of the molecule is COCC(O)CN(C)S(=O)(=O)c1cc(N)c(F)cc1Br. The van der Waals surface area contributed by atoms with Crippen LogP contribution in [0.3, 0.4) is 0 Å². The summed E-state index contributed by atoms with van der Waals surface area (Å²) in [5.41, 5.74) is 5.12. The molecule has 0 aliphatic rings. The number of anilines is 1. The van der Waals surface area contributed by atoms with Gasteiger partial charge in [0.25, 0.3) is 0 Å². The lowest BCUT2D eigenvalue weighted by atomic mass is 10.3. The van der Waals surface area contributed by atoms with Crippen molar-refractivity contribution in [2.75, 3.05) is 33.0 Å². The Labute approximate surface area is 125 Å². The van der Waals surface area contributed by atoms with Crippen molar-refractivity contribution in [2.24, 2.45) is 0 Å². The van der Waals surface area contributed by atoms with Crippen molar-refractivity contribution in [3.63, 3.8) is 0 Å². The fourth-order valence-corrected chi connectivity index (χ4v) is 3.76. The first-order valence-electron chi connectivity index (χ1n) is 5.58. The third-order valence-electron chi connectivity index (χ3n) is 2.57. The molecule has 0 aliphatic carbocycles. The third-order valence-corrected chi connectivity index (χ3v) is 5.35. The highest BCUT2D eigenvalue weighted by Gasteiger charge is 2.26. The van der Waals surface area contributed by atoms with Crippen molar-refractivity contribution in [3.8, 4) is 0 Å². The topological polar surface area (TPSA) is 92.9 Å². The number of methoxy groups -OCH3 is 1. The summed E-state index contributed by atoms with van der Waals surface area (Å²) < 4.78 is 43.6. The van der Waals surface area contributed by atoms with Crippen molar-refractivity contribution in [1.29, 1.82) is 0 Å². The van der Waals surface area contributed by atoms with Crippen LogP contribution in [-0.4, -0.2) is 51.2 Å². The van der Waals surface area contributed by atoms with E-state index >= 15 is 0 Å². The van der Waals surface area contributed by atoms with Gasteiger partial charge >= 0.3 is 0 Å². The van der Waals surface area contributed by atoms with E-state index in [-0.39, 0.29) is 28.2 Å². The van der Waals surface area contributed by atoms with E-state index in [1.165, 1.54) is 14.2 Å². The number of benzene rings is 1. The molecule has 6 nitrogen and oxygen atoms in total. The molecule has 0 aromatic heterocycles. The molecule has 1 rings (SSSR count). The van der Waals surface area contributed by atoms with Crippen molar-refractivity contribution < 1.29 is 22.7 Å². The molecular formula is C11H16BrFN2O4S. The number of ether oxygens (including phenoxy) is 1. The van der Waals surface area contributed by atoms with Crippen LogP contribution in [0.1, 0.15) is 0 Å². The first-order chi connectivity index (χ1) is 9.20. The van der Waals surface area contributed by atoms with Crippen molar-refractivity contribution in [2.45, 2.75) is 11.0 Å². The van der Waals surface area contributed by atoms with Crippen molar-refractivity contribution in [3.05, 3.63) is 22.4 Å². The fraction of sp³-hybridized carbons (Fsp3) is 0.455. The van der Waals surface area contributed by atoms with Crippen LogP contribution in [0, 0.1) is 5.82 Å². The van der Waals surface area contributed by atoms with Gasteiger partial charge in [0, 0.05) is 25.2 Å². The Morgan fingerprint density at radius 1 is 1.55 bits per heavy atom. The molecule has 0 aliphatic heterocycles. The lowest BCUT2D eigenvalue weighted by Crippen LogP contribution is -2.36. The van der Waals surface area contributed by atoms with Crippen LogP contribution in [0.5, 0.6) is 0 Å². The maximum absolute atomic E-state index is 13.2. The number of nitrogens with zero attached hydrogens (tertiary/aromatic N) is 1. The number of aliphatic hydroxyl groups excluding tert-OH is 1. The molecule has 1 atom stereocenters. The highest BCUT2D eigenvalue weighted by molar-refractivity contribution is 9.10. The van der Waals surface area contributed by atoms with Crippen molar-refractivity contribution in [1.82, 2.24) is 4.31 Å². The number of sulfonamides is 1. The smallest absolute Gasteiger partial charge is 0.244 e. The molecule has 0 fully saturated rings. The lowest BCUT2D eigenvalue weighted by Gasteiger charge is -2.21. The molecule has 0 heterocycles. The van der Waals surface area contributed by atoms with Gasteiger partial charge in [-0.15, -0.1) is 0 Å². The van der Waals surface area contributed by atoms with Crippen LogP contribution >= 0.6 is 15.9 Å². The summed E-state index contributed by atoms with van der Waals surface area (Å²) in [5, 5.41) is 9.57. The number of nitrogens with two attached hydrogens (primary N) is 1. The first-order valence-corrected chi connectivity index (χ1v) is 7.81. The van der Waals surface area contributed by atoms with Gasteiger partial charge in [0.2, 0.25) is 10.0 Å². The Hall–Kier alpha value is -0.740. The molecule has 114 valence electrons. The number of likely N-dealkylation sites (N-methyl/N-ethyl adjacent to an activating group) is 1. The molecule has 0 saturated heterocycles. The summed E-state index contributed by atoms with van der Waals surface area (Å²) in [6, 6.07) is 2.02. The van der Waals surface area contributed by atoms with E-state index in [4.69, 9.17) is 10.5 Å². The largest absolute Gasteiger partial charge is 0.396 e. The average Bonchev–Trinajstić information content (AvgIpc) is 2.33. The van der Waals surface area contributed by atoms with Crippen LogP contribution in [0.4, 0.5) is 10.1 Å². The molecule has 0 bridgehead atoms. The van der Waals surface area contributed by atoms with E-state index in [9.17, 15) is 17.9 Å². The summed E-state index contributed by atoms with van der Waals surface area (Å²) in [6.45, 7) is -0.146. The van der Waals surface area contributed by atoms with Crippen LogP contribution in [0.2, 0.25) is 0 Å². The summed E-state index contributed by atoms with van der Waals surface area (Å²) in [5.74, 6) is -0.710. The number of hydrogen-bond donors (Lipinski definition) is 2. The zero-order valence-corrected chi connectivity index (χ0v) is 13.4. The van der Waals surface area contributed by atoms with Crippen LogP contribution in [0.25, 0.3) is 0 Å². The first kappa shape index (κ1) is 17.3. The van der Waals surface area contributed by atoms with Gasteiger partial charge in [-0.05, 0) is 28.1 Å². The number of hydrogen-bond acceptors (Lipinski definition) is 5. The van der Waals surface area contributed by atoms with Crippen LogP contribution in [0.15, 0.2) is 21.5 Å². The number of aliphatic hydroxyl groups is 1. The number of rotatable bonds is 6. The highest BCUT2D eigenvalue weighted by atomic mass is 79.9. The quantitative estimate of drug-likeness (QED) is 0.722. The lowest BCUT2D eigenvalue weighted by molar-refractivity contribution is 0.0554. The second kappa shape index (κ2) is 6.81. The molecule has 0 spiro atoms. The standard InChI is InChI=1S/C11H16BrFN2O4S/c1-15(5-7(16)6-19-2)20(17,18)11-4-10(14)9(13)3-8(11)12/h3-4,7,16H,5-6,14H2,1-2H3. The molecular weight excluding hydrogens is 355 g/mol. The fourth-order valence-electron chi connectivity index (χ4n) is 1.55. The van der Waals surface area contributed by atoms with E-state index < -0.39 is 21.9 Å². The highest BCUT2D eigenvalue weighted by Crippen LogP contribution is 2.28. The Bertz CT molecular complexity index is 582. The van der Waals surface area contributed by atoms with Gasteiger partial charge in [0.05, 0.1) is 23.3 Å². The summed E-state index contributed by atoms with van der Waals surface area (Å²) >= 11 is 2.99. The van der Waals surface area contributed by atoms with E-state index in [0.717, 1.165) is 16.4 Å². The second-order valence-electron chi connectivity index (χ2n) is 4.20. The van der Waals surface area contributed by atoms with Gasteiger partial charge < -0.3 is 15.6 Å². The van der Waals surface area contributed by atoms with Crippen LogP contribution < -0.4 is 5.73 Å². The second-order valence-corrected chi connectivity index (χ2v) is 7.07. The molecule has 3 N–H and O–H groups in total. The Morgan fingerprint density at radius 2 is 2.15 bits per heavy atom. The van der Waals surface area contributed by atoms with Gasteiger partial charge in [-0.2, -0.15) is 4.31 Å². The van der Waals surface area contributed by atoms with Gasteiger partial charge in [-0.3, -0.25) is 0 Å². The molecule has 1 aromatic carbocycles. The number of halogens is 2. The average molecular weight is 371 g/mol. The maximum Gasteiger partial charge on any atom is 0.244 e. The van der Waals surface area contributed by atoms with Crippen molar-refractivity contribution >= 4 is 31.6 Å². The van der Waals surface area contributed by atoms with E-state index in [0.29, 0.717) is 0 Å². The molecule has 0 saturated carbocycles. The maximum atomic E-state index is 13.2. The van der Waals surface area contributed by atoms with E-state index in [1.807, 2.05) is 0 Å². The Balaban J connectivity index is 3.07. The van der Waals surface area contributed by atoms with Gasteiger partial charge in [0.1, 0.15) is 5.82 Å². The summed E-state index contributed by atoms with van der Waals surface area (Å²) in [4.78, 5) is -0.163. The molecule has 0 amide bonds. The predicted molar refractivity (Wildman–Crippen MR) is 76.2 cm³/mol. The Morgan fingerprint density at radius 3 is 2.70 bits per heavy atom. The summed E-state index contributed by atoms with van der Waals surface area (Å²) in [6.07, 6.45) is -0.962. The van der Waals surface area contributed by atoms with Gasteiger partial charge in [-0.1, -0.05) is 0 Å². The summed E-state index contributed by atoms with van der Waals surface area (Å²) in [7, 11) is -1.19. The van der Waals surface area contributed by atoms with Crippen LogP contribution in [-0.2, 0) is 14.8 Å². The van der Waals surface area contributed by atoms with E-state index in [2.05, 4.69) is 15.9 Å². The third kappa shape index (κ3) is 3.89. The zero-order valence-electron chi connectivity index (χ0n) is 11.0.